The highest BCUT2D eigenvalue weighted by Gasteiger charge is 2.32. The van der Waals surface area contributed by atoms with Gasteiger partial charge in [-0.15, -0.1) is 0 Å². The number of primary amides is 1. The Labute approximate surface area is 121 Å². The van der Waals surface area contributed by atoms with Crippen LogP contribution in [0, 0.1) is 0 Å². The van der Waals surface area contributed by atoms with Crippen LogP contribution in [-0.4, -0.2) is 47.5 Å². The fraction of sp³-hybridized carbons (Fsp3) is 0.357. The third-order valence-corrected chi connectivity index (χ3v) is 3.20. The van der Waals surface area contributed by atoms with Crippen LogP contribution in [0.3, 0.4) is 0 Å². The Bertz CT molecular complexity index is 556. The maximum atomic E-state index is 12.5. The van der Waals surface area contributed by atoms with Crippen molar-refractivity contribution in [3.63, 3.8) is 0 Å². The van der Waals surface area contributed by atoms with Gasteiger partial charge in [-0.2, -0.15) is 0 Å². The number of fused-ring (bicyclic) bond motifs is 1. The van der Waals surface area contributed by atoms with Crippen LogP contribution in [0.25, 0.3) is 0 Å². The molecule has 1 aromatic carbocycles. The molecule has 3 N–H and O–H groups in total. The van der Waals surface area contributed by atoms with E-state index in [0.717, 1.165) is 10.5 Å². The minimum absolute atomic E-state index is 0.366. The lowest BCUT2D eigenvalue weighted by Gasteiger charge is -2.29. The Hall–Kier alpha value is -2.41. The number of carboxylic acids is 1. The molecule has 0 saturated carbocycles. The predicted octanol–water partition coefficient (Wildman–Crippen LogP) is -0.301. The Morgan fingerprint density at radius 1 is 1.29 bits per heavy atom. The van der Waals surface area contributed by atoms with Crippen molar-refractivity contribution in [3.8, 4) is 0 Å². The van der Waals surface area contributed by atoms with Gasteiger partial charge in [-0.1, -0.05) is 24.3 Å². The third kappa shape index (κ3) is 3.57. The van der Waals surface area contributed by atoms with Gasteiger partial charge in [0.2, 0.25) is 5.91 Å². The largest absolute Gasteiger partial charge is 0.480 e. The van der Waals surface area contributed by atoms with E-state index < -0.39 is 37.0 Å². The van der Waals surface area contributed by atoms with Gasteiger partial charge in [0.15, 0.2) is 6.10 Å². The number of ether oxygens (including phenoxy) is 1. The number of carboxylic acid groups (broad SMARTS) is 1. The van der Waals surface area contributed by atoms with Crippen molar-refractivity contribution >= 4 is 17.8 Å². The van der Waals surface area contributed by atoms with Crippen molar-refractivity contribution in [1.82, 2.24) is 4.90 Å². The highest BCUT2D eigenvalue weighted by molar-refractivity contribution is 5.90. The van der Waals surface area contributed by atoms with E-state index in [0.29, 0.717) is 18.6 Å². The lowest BCUT2D eigenvalue weighted by molar-refractivity contribution is -0.153. The Morgan fingerprint density at radius 3 is 2.67 bits per heavy atom. The standard InChI is InChI=1S/C14H16N2O5/c15-11(17)7-16(8-12(18)19)14(20)13-10-4-2-1-3-9(10)5-6-21-13/h1-4,13H,5-8H2,(H2,15,17)(H,18,19). The first-order chi connectivity index (χ1) is 9.99. The number of hydrogen-bond acceptors (Lipinski definition) is 4. The van der Waals surface area contributed by atoms with Crippen LogP contribution in [-0.2, 0) is 25.5 Å². The van der Waals surface area contributed by atoms with E-state index in [2.05, 4.69) is 0 Å². The molecule has 7 nitrogen and oxygen atoms in total. The molecular formula is C14H16N2O5. The van der Waals surface area contributed by atoms with Gasteiger partial charge < -0.3 is 20.5 Å². The van der Waals surface area contributed by atoms with Crippen LogP contribution in [0.2, 0.25) is 0 Å². The zero-order valence-electron chi connectivity index (χ0n) is 11.3. The molecule has 1 aliphatic heterocycles. The predicted molar refractivity (Wildman–Crippen MR) is 72.2 cm³/mol. The number of benzene rings is 1. The van der Waals surface area contributed by atoms with Crippen molar-refractivity contribution in [3.05, 3.63) is 35.4 Å². The lowest BCUT2D eigenvalue weighted by atomic mass is 9.97. The number of carbonyl (C=O) groups excluding carboxylic acids is 2. The van der Waals surface area contributed by atoms with Crippen molar-refractivity contribution in [2.75, 3.05) is 19.7 Å². The average molecular weight is 292 g/mol. The Morgan fingerprint density at radius 2 is 2.00 bits per heavy atom. The average Bonchev–Trinajstić information content (AvgIpc) is 2.44. The molecule has 1 atom stereocenters. The van der Waals surface area contributed by atoms with Crippen molar-refractivity contribution < 1.29 is 24.2 Å². The van der Waals surface area contributed by atoms with Gasteiger partial charge in [0.05, 0.1) is 6.61 Å². The first-order valence-electron chi connectivity index (χ1n) is 6.47. The molecule has 1 unspecified atom stereocenters. The summed E-state index contributed by atoms with van der Waals surface area (Å²) in [4.78, 5) is 35.2. The molecule has 0 aliphatic carbocycles. The molecule has 1 aromatic rings. The van der Waals surface area contributed by atoms with Crippen molar-refractivity contribution in [2.45, 2.75) is 12.5 Å². The summed E-state index contributed by atoms with van der Waals surface area (Å²) < 4.78 is 5.47. The molecule has 112 valence electrons. The van der Waals surface area contributed by atoms with Crippen LogP contribution in [0.15, 0.2) is 24.3 Å². The molecule has 2 amide bonds. The van der Waals surface area contributed by atoms with Gasteiger partial charge in [-0.25, -0.2) is 0 Å². The van der Waals surface area contributed by atoms with Crippen LogP contribution in [0.1, 0.15) is 17.2 Å². The van der Waals surface area contributed by atoms with Crippen LogP contribution < -0.4 is 5.73 Å². The fourth-order valence-electron chi connectivity index (χ4n) is 2.33. The molecule has 21 heavy (non-hydrogen) atoms. The van der Waals surface area contributed by atoms with E-state index in [1.807, 2.05) is 12.1 Å². The first kappa shape index (κ1) is 15.0. The molecular weight excluding hydrogens is 276 g/mol. The fourth-order valence-corrected chi connectivity index (χ4v) is 2.33. The van der Waals surface area contributed by atoms with Crippen molar-refractivity contribution in [1.29, 1.82) is 0 Å². The van der Waals surface area contributed by atoms with Gasteiger partial charge in [0, 0.05) is 0 Å². The van der Waals surface area contributed by atoms with Gasteiger partial charge >= 0.3 is 5.97 Å². The molecule has 0 spiro atoms. The number of hydrogen-bond donors (Lipinski definition) is 2. The monoisotopic (exact) mass is 292 g/mol. The topological polar surface area (TPSA) is 110 Å². The van der Waals surface area contributed by atoms with E-state index >= 15 is 0 Å². The highest BCUT2D eigenvalue weighted by Crippen LogP contribution is 2.28. The summed E-state index contributed by atoms with van der Waals surface area (Å²) in [6.07, 6.45) is -0.206. The summed E-state index contributed by atoms with van der Waals surface area (Å²) in [5, 5.41) is 8.85. The van der Waals surface area contributed by atoms with E-state index in [4.69, 9.17) is 15.6 Å². The minimum Gasteiger partial charge on any atom is -0.480 e. The number of aliphatic carboxylic acids is 1. The van der Waals surface area contributed by atoms with E-state index in [9.17, 15) is 14.4 Å². The highest BCUT2D eigenvalue weighted by atomic mass is 16.5. The Balaban J connectivity index is 2.25. The normalized spacial score (nSPS) is 16.9. The molecule has 0 radical (unpaired) electrons. The lowest BCUT2D eigenvalue weighted by Crippen LogP contribution is -2.45. The summed E-state index contributed by atoms with van der Waals surface area (Å²) in [6.45, 7) is -0.679. The summed E-state index contributed by atoms with van der Waals surface area (Å²) in [7, 11) is 0. The number of nitrogens with two attached hydrogens (primary N) is 1. The van der Waals surface area contributed by atoms with Crippen LogP contribution in [0.4, 0.5) is 0 Å². The summed E-state index contributed by atoms with van der Waals surface area (Å²) in [5.41, 5.74) is 6.75. The summed E-state index contributed by atoms with van der Waals surface area (Å²) >= 11 is 0. The zero-order chi connectivity index (χ0) is 15.4. The number of nitrogens with zero attached hydrogens (tertiary/aromatic N) is 1. The molecule has 0 fully saturated rings. The van der Waals surface area contributed by atoms with Gasteiger partial charge in [-0.05, 0) is 17.5 Å². The molecule has 0 aromatic heterocycles. The van der Waals surface area contributed by atoms with Crippen LogP contribution >= 0.6 is 0 Å². The Kier molecular flexibility index (Phi) is 4.54. The third-order valence-electron chi connectivity index (χ3n) is 3.20. The van der Waals surface area contributed by atoms with Crippen LogP contribution in [0.5, 0.6) is 0 Å². The number of carbonyl (C=O) groups is 3. The van der Waals surface area contributed by atoms with Crippen molar-refractivity contribution in [2.24, 2.45) is 5.73 Å². The van der Waals surface area contributed by atoms with E-state index in [1.165, 1.54) is 0 Å². The molecule has 1 heterocycles. The molecule has 0 bridgehead atoms. The summed E-state index contributed by atoms with van der Waals surface area (Å²) in [6, 6.07) is 7.31. The molecule has 1 aliphatic rings. The minimum atomic E-state index is -1.21. The maximum absolute atomic E-state index is 12.5. The van der Waals surface area contributed by atoms with Gasteiger partial charge in [0.1, 0.15) is 13.1 Å². The SMILES string of the molecule is NC(=O)CN(CC(=O)O)C(=O)C1OCCc2ccccc21. The maximum Gasteiger partial charge on any atom is 0.323 e. The molecule has 0 saturated heterocycles. The molecule has 2 rings (SSSR count). The smallest absolute Gasteiger partial charge is 0.323 e. The first-order valence-corrected chi connectivity index (χ1v) is 6.47. The zero-order valence-corrected chi connectivity index (χ0v) is 11.3. The second kappa shape index (κ2) is 6.36. The molecule has 7 heteroatoms. The second-order valence-corrected chi connectivity index (χ2v) is 4.75. The van der Waals surface area contributed by atoms with Gasteiger partial charge in [0.25, 0.3) is 5.91 Å². The second-order valence-electron chi connectivity index (χ2n) is 4.75. The van der Waals surface area contributed by atoms with Gasteiger partial charge in [-0.3, -0.25) is 14.4 Å². The number of amides is 2. The summed E-state index contributed by atoms with van der Waals surface area (Å²) in [5.74, 6) is -2.55. The van der Waals surface area contributed by atoms with E-state index in [-0.39, 0.29) is 0 Å². The van der Waals surface area contributed by atoms with E-state index in [1.54, 1.807) is 12.1 Å². The number of rotatable bonds is 5. The quantitative estimate of drug-likeness (QED) is 0.774.